The van der Waals surface area contributed by atoms with Crippen LogP contribution in [0.5, 0.6) is 0 Å². The second kappa shape index (κ2) is 9.77. The van der Waals surface area contributed by atoms with Gasteiger partial charge in [-0.05, 0) is 34.9 Å². The molecule has 6 aliphatic heterocycles. The summed E-state index contributed by atoms with van der Waals surface area (Å²) < 4.78 is 21.0. The Morgan fingerprint density at radius 1 is 0.676 bits per heavy atom. The van der Waals surface area contributed by atoms with E-state index in [1.807, 2.05) is 0 Å². The van der Waals surface area contributed by atoms with Crippen LogP contribution in [0.15, 0.2) is 0 Å². The van der Waals surface area contributed by atoms with Crippen LogP contribution in [0.4, 0.5) is 0 Å². The van der Waals surface area contributed by atoms with Gasteiger partial charge in [-0.1, -0.05) is 18.4 Å². The number of nitrogens with one attached hydrogen (secondary N) is 2. The molecule has 1 atom stereocenters. The summed E-state index contributed by atoms with van der Waals surface area (Å²) in [6, 6.07) is 0. The highest BCUT2D eigenvalue weighted by molar-refractivity contribution is 8.62. The van der Waals surface area contributed by atoms with Gasteiger partial charge in [-0.15, -0.1) is 16.2 Å². The lowest BCUT2D eigenvalue weighted by Gasteiger charge is -2.97. The quantitative estimate of drug-likeness (QED) is 0.490. The Labute approximate surface area is 214 Å². The number of thioether (sulfide) groups is 1. The number of piperidine rings is 1. The molecule has 12 heteroatoms. The Morgan fingerprint density at radius 3 is 2.09 bits per heavy atom. The van der Waals surface area contributed by atoms with E-state index in [2.05, 4.69) is 55.4 Å². The van der Waals surface area contributed by atoms with Crippen LogP contribution >= 0.6 is 32.9 Å². The molecule has 1 unspecified atom stereocenters. The Balaban J connectivity index is 1.73. The zero-order valence-corrected chi connectivity index (χ0v) is 23.2. The average molecular weight is 536 g/mol. The lowest BCUT2D eigenvalue weighted by molar-refractivity contribution is -0.0680. The first-order valence-electron chi connectivity index (χ1n) is 13.6. The summed E-state index contributed by atoms with van der Waals surface area (Å²) >= 11 is 4.31. The number of hydrogen-bond donors (Lipinski definition) is 2. The van der Waals surface area contributed by atoms with Crippen LogP contribution in [0.1, 0.15) is 32.1 Å². The van der Waals surface area contributed by atoms with Crippen LogP contribution in [-0.4, -0.2) is 129 Å². The highest BCUT2D eigenvalue weighted by atomic mass is 32.4. The van der Waals surface area contributed by atoms with E-state index in [9.17, 15) is 0 Å². The highest BCUT2D eigenvalue weighted by Crippen LogP contribution is 3.02. The van der Waals surface area contributed by atoms with Crippen molar-refractivity contribution in [3.05, 3.63) is 0 Å². The SMILES string of the molecule is C1CCN(S(C2NCCS2)(N2CCNCC2)(N2CCOCC2)(N2CCCO2)N2CCCS2)CC1. The molecule has 6 rings (SSSR count). The van der Waals surface area contributed by atoms with Crippen molar-refractivity contribution in [3.8, 4) is 0 Å². The summed E-state index contributed by atoms with van der Waals surface area (Å²) in [6.45, 7) is 14.1. The molecule has 0 radical (unpaired) electrons. The normalized spacial score (nSPS) is 34.4. The van der Waals surface area contributed by atoms with E-state index >= 15 is 0 Å². The van der Waals surface area contributed by atoms with Gasteiger partial charge in [-0.3, -0.25) is 10.2 Å². The van der Waals surface area contributed by atoms with Crippen LogP contribution in [0.3, 0.4) is 0 Å². The van der Waals surface area contributed by atoms with Crippen molar-refractivity contribution in [2.24, 2.45) is 0 Å². The second-order valence-electron chi connectivity index (χ2n) is 10.2. The minimum absolute atomic E-state index is 0.276. The van der Waals surface area contributed by atoms with Crippen LogP contribution in [0.25, 0.3) is 0 Å². The molecular weight excluding hydrogens is 490 g/mol. The molecule has 6 fully saturated rings. The molecule has 0 bridgehead atoms. The fourth-order valence-corrected chi connectivity index (χ4v) is 24.0. The number of rotatable bonds is 6. The van der Waals surface area contributed by atoms with E-state index < -0.39 is 9.22 Å². The predicted molar refractivity (Wildman–Crippen MR) is 145 cm³/mol. The van der Waals surface area contributed by atoms with Gasteiger partial charge >= 0.3 is 0 Å². The summed E-state index contributed by atoms with van der Waals surface area (Å²) in [5.74, 6) is 2.37. The van der Waals surface area contributed by atoms with Crippen LogP contribution < -0.4 is 10.6 Å². The third-order valence-corrected chi connectivity index (χ3v) is 22.0. The molecule has 34 heavy (non-hydrogen) atoms. The maximum atomic E-state index is 7.00. The molecule has 0 aromatic rings. The molecule has 9 nitrogen and oxygen atoms in total. The molecule has 0 aliphatic carbocycles. The molecule has 6 aliphatic rings. The second-order valence-corrected chi connectivity index (χ2v) is 18.6. The summed E-state index contributed by atoms with van der Waals surface area (Å²) in [5, 5.41) is 7.88. The van der Waals surface area contributed by atoms with Crippen molar-refractivity contribution in [1.82, 2.24) is 31.7 Å². The van der Waals surface area contributed by atoms with Gasteiger partial charge in [0.05, 0.1) is 19.8 Å². The summed E-state index contributed by atoms with van der Waals surface area (Å²) in [4.78, 5) is 7.00. The number of nitrogens with zero attached hydrogens (tertiary/aromatic N) is 5. The van der Waals surface area contributed by atoms with Crippen LogP contribution in [-0.2, 0) is 9.57 Å². The Kier molecular flexibility index (Phi) is 7.19. The molecular formula is C22H45N7O2S3. The first kappa shape index (κ1) is 25.0. The van der Waals surface area contributed by atoms with E-state index in [1.54, 1.807) is 0 Å². The molecule has 0 aromatic carbocycles. The van der Waals surface area contributed by atoms with E-state index in [1.165, 1.54) is 37.2 Å². The zero-order valence-electron chi connectivity index (χ0n) is 20.7. The van der Waals surface area contributed by atoms with Crippen molar-refractivity contribution in [3.63, 3.8) is 0 Å². The Hall–Kier alpha value is 0.690. The average Bonchev–Trinajstić information content (AvgIpc) is 3.73. The van der Waals surface area contributed by atoms with Crippen molar-refractivity contribution in [2.75, 3.05) is 103 Å². The standard InChI is InChI=1S/C22H45N7O2S3/c1-2-9-25(10-3-1)34(22-24-8-21-32-22,28-11-4-17-31-28,29-12-5-20-33-29,26-13-6-23-7-14-26)27-15-18-30-19-16-27/h22-24H,1-21H2. The number of hydroxylamine groups is 1. The van der Waals surface area contributed by atoms with Gasteiger partial charge in [0.15, 0.2) is 0 Å². The van der Waals surface area contributed by atoms with E-state index in [-0.39, 0.29) is 4.71 Å². The zero-order chi connectivity index (χ0) is 23.0. The monoisotopic (exact) mass is 535 g/mol. The van der Waals surface area contributed by atoms with E-state index in [0.29, 0.717) is 0 Å². The van der Waals surface area contributed by atoms with Gasteiger partial charge in [-0.25, -0.2) is 12.9 Å². The van der Waals surface area contributed by atoms with Gasteiger partial charge in [0.1, 0.15) is 4.71 Å². The van der Waals surface area contributed by atoms with Crippen molar-refractivity contribution >= 4 is 32.9 Å². The van der Waals surface area contributed by atoms with E-state index in [4.69, 9.17) is 9.57 Å². The van der Waals surface area contributed by atoms with Crippen LogP contribution in [0, 0.1) is 0 Å². The summed E-state index contributed by atoms with van der Waals surface area (Å²) in [7, 11) is -3.79. The number of morpholine rings is 1. The van der Waals surface area contributed by atoms with Crippen molar-refractivity contribution in [2.45, 2.75) is 36.8 Å². The fraction of sp³-hybridized carbons (Fsp3) is 1.00. The van der Waals surface area contributed by atoms with Gasteiger partial charge < -0.3 is 10.1 Å². The molecule has 6 saturated heterocycles. The van der Waals surface area contributed by atoms with Gasteiger partial charge in [0, 0.05) is 83.5 Å². The minimum atomic E-state index is -3.79. The fourth-order valence-electron chi connectivity index (χ4n) is 7.61. The minimum Gasteiger partial charge on any atom is -0.379 e. The number of ether oxygens (including phenoxy) is 1. The molecule has 0 spiro atoms. The lowest BCUT2D eigenvalue weighted by Crippen LogP contribution is -2.87. The molecule has 0 aromatic heterocycles. The third-order valence-electron chi connectivity index (χ3n) is 8.76. The largest absolute Gasteiger partial charge is 0.379 e. The maximum absolute atomic E-state index is 7.00. The van der Waals surface area contributed by atoms with Crippen LogP contribution in [0.2, 0.25) is 0 Å². The summed E-state index contributed by atoms with van der Waals surface area (Å²) in [6.07, 6.45) is 6.26. The molecule has 2 N–H and O–H groups in total. The topological polar surface area (TPSA) is 58.7 Å². The Morgan fingerprint density at radius 2 is 1.44 bits per heavy atom. The smallest absolute Gasteiger partial charge is 0.128 e. The lowest BCUT2D eigenvalue weighted by atomic mass is 10.2. The maximum Gasteiger partial charge on any atom is 0.128 e. The Bertz CT molecular complexity index is 612. The highest BCUT2D eigenvalue weighted by Gasteiger charge is 2.83. The first-order valence-corrected chi connectivity index (χ1v) is 17.9. The predicted octanol–water partition coefficient (Wildman–Crippen LogP) is 1.77. The number of piperazine rings is 1. The molecule has 6 heterocycles. The van der Waals surface area contributed by atoms with Gasteiger partial charge in [-0.2, -0.15) is 3.71 Å². The van der Waals surface area contributed by atoms with Crippen molar-refractivity contribution < 1.29 is 9.57 Å². The molecule has 0 amide bonds. The van der Waals surface area contributed by atoms with Gasteiger partial charge in [0.2, 0.25) is 0 Å². The summed E-state index contributed by atoms with van der Waals surface area (Å²) in [5.41, 5.74) is 0. The van der Waals surface area contributed by atoms with Crippen molar-refractivity contribution in [1.29, 1.82) is 0 Å². The van der Waals surface area contributed by atoms with E-state index in [0.717, 1.165) is 98.2 Å². The van der Waals surface area contributed by atoms with Gasteiger partial charge in [0.25, 0.3) is 0 Å². The molecule has 198 valence electrons. The first-order chi connectivity index (χ1) is 16.8. The third kappa shape index (κ3) is 2.94. The molecule has 0 saturated carbocycles. The number of hydrogen-bond acceptors (Lipinski definition) is 11.